The molecule has 0 atom stereocenters. The smallest absolute Gasteiger partial charge is 0.397 e. The molecule has 8 heteroatoms. The number of halogens is 4. The number of rotatable bonds is 2. The molecule has 3 nitrogen and oxygen atoms in total. The molecule has 106 valence electrons. The van der Waals surface area contributed by atoms with E-state index < -0.39 is 11.7 Å². The second kappa shape index (κ2) is 5.61. The summed E-state index contributed by atoms with van der Waals surface area (Å²) >= 11 is 4.53. The summed E-state index contributed by atoms with van der Waals surface area (Å²) in [5, 5.41) is 1.03. The molecule has 2 N–H and O–H groups in total. The minimum Gasteiger partial charge on any atom is -0.397 e. The highest BCUT2D eigenvalue weighted by Crippen LogP contribution is 2.35. The van der Waals surface area contributed by atoms with Crippen molar-refractivity contribution >= 4 is 33.4 Å². The lowest BCUT2D eigenvalue weighted by Gasteiger charge is -2.09. The van der Waals surface area contributed by atoms with Gasteiger partial charge in [-0.3, -0.25) is 0 Å². The van der Waals surface area contributed by atoms with Crippen LogP contribution in [0.5, 0.6) is 0 Å². The Labute approximate surface area is 125 Å². The SMILES string of the molecule is Cc1c(N)cnc(Sc2ccc(C(F)(F)F)cn2)c1Br. The number of pyridine rings is 2. The molecule has 0 radical (unpaired) electrons. The van der Waals surface area contributed by atoms with Crippen LogP contribution in [-0.2, 0) is 6.18 Å². The van der Waals surface area contributed by atoms with Gasteiger partial charge in [-0.1, -0.05) is 0 Å². The van der Waals surface area contributed by atoms with E-state index in [4.69, 9.17) is 5.73 Å². The molecule has 0 bridgehead atoms. The molecule has 0 unspecified atom stereocenters. The van der Waals surface area contributed by atoms with E-state index in [0.717, 1.165) is 29.6 Å². The van der Waals surface area contributed by atoms with Crippen molar-refractivity contribution in [2.75, 3.05) is 5.73 Å². The zero-order valence-electron chi connectivity index (χ0n) is 10.2. The predicted octanol–water partition coefficient (Wildman–Crippen LogP) is 4.30. The van der Waals surface area contributed by atoms with Crippen molar-refractivity contribution < 1.29 is 13.2 Å². The normalized spacial score (nSPS) is 11.7. The van der Waals surface area contributed by atoms with Crippen LogP contribution < -0.4 is 5.73 Å². The summed E-state index contributed by atoms with van der Waals surface area (Å²) in [6.07, 6.45) is -2.07. The van der Waals surface area contributed by atoms with Crippen LogP contribution >= 0.6 is 27.7 Å². The second-order valence-corrected chi connectivity index (χ2v) is 5.74. The Balaban J connectivity index is 2.25. The Morgan fingerprint density at radius 1 is 1.20 bits per heavy atom. The molecular formula is C12H9BrF3N3S. The molecule has 2 rings (SSSR count). The van der Waals surface area contributed by atoms with Crippen LogP contribution in [0.2, 0.25) is 0 Å². The molecule has 2 aromatic heterocycles. The topological polar surface area (TPSA) is 51.8 Å². The summed E-state index contributed by atoms with van der Waals surface area (Å²) in [7, 11) is 0. The molecule has 0 aliphatic heterocycles. The largest absolute Gasteiger partial charge is 0.417 e. The predicted molar refractivity (Wildman–Crippen MR) is 74.4 cm³/mol. The van der Waals surface area contributed by atoms with E-state index in [1.807, 2.05) is 6.92 Å². The first-order chi connectivity index (χ1) is 9.29. The number of nitrogens with two attached hydrogens (primary N) is 1. The molecule has 2 aromatic rings. The maximum Gasteiger partial charge on any atom is 0.417 e. The first-order valence-corrected chi connectivity index (χ1v) is 7.01. The zero-order chi connectivity index (χ0) is 14.9. The third-order valence-corrected chi connectivity index (χ3v) is 4.72. The van der Waals surface area contributed by atoms with Crippen molar-refractivity contribution in [1.29, 1.82) is 0 Å². The average molecular weight is 364 g/mol. The van der Waals surface area contributed by atoms with Crippen LogP contribution in [0.25, 0.3) is 0 Å². The number of nitrogen functional groups attached to an aromatic ring is 1. The molecule has 2 heterocycles. The first kappa shape index (κ1) is 15.1. The molecule has 0 saturated heterocycles. The van der Waals surface area contributed by atoms with Crippen molar-refractivity contribution in [2.45, 2.75) is 23.2 Å². The van der Waals surface area contributed by atoms with Gasteiger partial charge in [-0.15, -0.1) is 0 Å². The summed E-state index contributed by atoms with van der Waals surface area (Å²) < 4.78 is 38.0. The van der Waals surface area contributed by atoms with Crippen LogP contribution in [0.4, 0.5) is 18.9 Å². The quantitative estimate of drug-likeness (QED) is 0.863. The molecule has 0 aliphatic rings. The van der Waals surface area contributed by atoms with Crippen LogP contribution in [-0.4, -0.2) is 9.97 Å². The van der Waals surface area contributed by atoms with E-state index in [2.05, 4.69) is 25.9 Å². The number of alkyl halides is 3. The van der Waals surface area contributed by atoms with E-state index in [9.17, 15) is 13.2 Å². The Bertz CT molecular complexity index is 629. The van der Waals surface area contributed by atoms with Crippen molar-refractivity contribution in [3.63, 3.8) is 0 Å². The van der Waals surface area contributed by atoms with Crippen molar-refractivity contribution in [2.24, 2.45) is 0 Å². The third-order valence-electron chi connectivity index (χ3n) is 2.54. The highest BCUT2D eigenvalue weighted by molar-refractivity contribution is 9.10. The monoisotopic (exact) mass is 363 g/mol. The number of hydrogen-bond acceptors (Lipinski definition) is 4. The number of anilines is 1. The van der Waals surface area contributed by atoms with Gasteiger partial charge >= 0.3 is 6.18 Å². The summed E-state index contributed by atoms with van der Waals surface area (Å²) in [6.45, 7) is 1.82. The lowest BCUT2D eigenvalue weighted by molar-refractivity contribution is -0.137. The Morgan fingerprint density at radius 2 is 1.90 bits per heavy atom. The van der Waals surface area contributed by atoms with Crippen molar-refractivity contribution in [3.05, 3.63) is 40.1 Å². The van der Waals surface area contributed by atoms with Crippen LogP contribution in [0.15, 0.2) is 39.1 Å². The Morgan fingerprint density at radius 3 is 2.45 bits per heavy atom. The van der Waals surface area contributed by atoms with E-state index in [0.29, 0.717) is 20.2 Å². The highest BCUT2D eigenvalue weighted by atomic mass is 79.9. The molecule has 0 saturated carbocycles. The minimum atomic E-state index is -4.38. The van der Waals surface area contributed by atoms with Crippen LogP contribution in [0.3, 0.4) is 0 Å². The van der Waals surface area contributed by atoms with Crippen LogP contribution in [0.1, 0.15) is 11.1 Å². The summed E-state index contributed by atoms with van der Waals surface area (Å²) in [5.74, 6) is 0. The molecule has 0 aliphatic carbocycles. The van der Waals surface area contributed by atoms with Crippen LogP contribution in [0, 0.1) is 6.92 Å². The van der Waals surface area contributed by atoms with Crippen molar-refractivity contribution in [3.8, 4) is 0 Å². The van der Waals surface area contributed by atoms with Gasteiger partial charge in [-0.05, 0) is 52.3 Å². The summed E-state index contributed by atoms with van der Waals surface area (Å²) in [4.78, 5) is 7.92. The first-order valence-electron chi connectivity index (χ1n) is 5.40. The molecule has 0 aromatic carbocycles. The summed E-state index contributed by atoms with van der Waals surface area (Å²) in [5.41, 5.74) is 6.30. The van der Waals surface area contributed by atoms with Gasteiger partial charge < -0.3 is 5.73 Å². The van der Waals surface area contributed by atoms with Gasteiger partial charge in [0.05, 0.1) is 21.9 Å². The van der Waals surface area contributed by atoms with Gasteiger partial charge in [0, 0.05) is 6.20 Å². The fourth-order valence-electron chi connectivity index (χ4n) is 1.35. The molecule has 0 fully saturated rings. The van der Waals surface area contributed by atoms with E-state index in [1.165, 1.54) is 12.3 Å². The fourth-order valence-corrected chi connectivity index (χ4v) is 2.71. The second-order valence-electron chi connectivity index (χ2n) is 3.94. The van der Waals surface area contributed by atoms with Gasteiger partial charge in [0.1, 0.15) is 10.1 Å². The number of nitrogens with zero attached hydrogens (tertiary/aromatic N) is 2. The number of hydrogen-bond donors (Lipinski definition) is 1. The van der Waals surface area contributed by atoms with Gasteiger partial charge in [-0.25, -0.2) is 9.97 Å². The van der Waals surface area contributed by atoms with E-state index >= 15 is 0 Å². The fraction of sp³-hybridized carbons (Fsp3) is 0.167. The van der Waals surface area contributed by atoms with E-state index in [1.54, 1.807) is 0 Å². The minimum absolute atomic E-state index is 0.426. The molecule has 20 heavy (non-hydrogen) atoms. The van der Waals surface area contributed by atoms with Gasteiger partial charge in [-0.2, -0.15) is 13.2 Å². The van der Waals surface area contributed by atoms with Gasteiger partial charge in [0.2, 0.25) is 0 Å². The third kappa shape index (κ3) is 3.24. The Hall–Kier alpha value is -1.28. The van der Waals surface area contributed by atoms with Crippen molar-refractivity contribution in [1.82, 2.24) is 9.97 Å². The standard InChI is InChI=1S/C12H9BrF3N3S/c1-6-8(17)5-19-11(10(6)13)20-9-3-2-7(4-18-9)12(14,15)16/h2-5H,17H2,1H3. The summed E-state index contributed by atoms with van der Waals surface area (Å²) in [6, 6.07) is 2.31. The number of aromatic nitrogens is 2. The maximum atomic E-state index is 12.4. The molecular weight excluding hydrogens is 355 g/mol. The maximum absolute atomic E-state index is 12.4. The average Bonchev–Trinajstić information content (AvgIpc) is 2.39. The zero-order valence-corrected chi connectivity index (χ0v) is 12.6. The lowest BCUT2D eigenvalue weighted by Crippen LogP contribution is -2.05. The lowest BCUT2D eigenvalue weighted by atomic mass is 10.3. The van der Waals surface area contributed by atoms with E-state index in [-0.39, 0.29) is 0 Å². The van der Waals surface area contributed by atoms with Gasteiger partial charge in [0.15, 0.2) is 0 Å². The Kier molecular flexibility index (Phi) is 4.24. The molecule has 0 amide bonds. The van der Waals surface area contributed by atoms with Gasteiger partial charge in [0.25, 0.3) is 0 Å². The highest BCUT2D eigenvalue weighted by Gasteiger charge is 2.30. The molecule has 0 spiro atoms.